The summed E-state index contributed by atoms with van der Waals surface area (Å²) in [5.41, 5.74) is -0.700. The molecule has 2 heteroatoms. The zero-order chi connectivity index (χ0) is 7.90. The van der Waals surface area contributed by atoms with Crippen molar-refractivity contribution in [3.63, 3.8) is 0 Å². The normalized spacial score (nSPS) is 41.0. The number of allylic oxidation sites excluding steroid dienone is 2. The lowest BCUT2D eigenvalue weighted by Gasteiger charge is -2.38. The van der Waals surface area contributed by atoms with Crippen molar-refractivity contribution in [3.8, 4) is 0 Å². The van der Waals surface area contributed by atoms with Gasteiger partial charge in [0, 0.05) is 0 Å². The summed E-state index contributed by atoms with van der Waals surface area (Å²) >= 11 is 0. The van der Waals surface area contributed by atoms with Crippen LogP contribution in [0.4, 0.5) is 4.39 Å². The molecule has 0 spiro atoms. The van der Waals surface area contributed by atoms with E-state index in [1.54, 1.807) is 6.08 Å². The van der Waals surface area contributed by atoms with Gasteiger partial charge in [0.25, 0.3) is 0 Å². The number of rotatable bonds is 1. The Bertz CT molecular complexity index is 212. The molecule has 0 radical (unpaired) electrons. The molecule has 0 heterocycles. The lowest BCUT2D eigenvalue weighted by molar-refractivity contribution is -0.139. The van der Waals surface area contributed by atoms with Crippen molar-refractivity contribution in [2.75, 3.05) is 0 Å². The number of hydrogen-bond donors (Lipinski definition) is 0. The Hall–Kier alpha value is -0.660. The van der Waals surface area contributed by atoms with Gasteiger partial charge in [-0.15, -0.1) is 0 Å². The van der Waals surface area contributed by atoms with Crippen LogP contribution in [0.3, 0.4) is 0 Å². The molecule has 2 bridgehead atoms. The molecular weight excluding hydrogens is 143 g/mol. The van der Waals surface area contributed by atoms with Crippen molar-refractivity contribution in [1.29, 1.82) is 0 Å². The standard InChI is InChI=1S/C9H11FO/c10-8(11)9-4-1-7(2-5-9)3-6-9/h1,4,7H,2-3,5-6H2. The van der Waals surface area contributed by atoms with E-state index >= 15 is 0 Å². The largest absolute Gasteiger partial charge is 0.311 e. The molecule has 0 aromatic heterocycles. The Morgan fingerprint density at radius 3 is 2.36 bits per heavy atom. The van der Waals surface area contributed by atoms with Gasteiger partial charge in [-0.3, -0.25) is 4.79 Å². The van der Waals surface area contributed by atoms with Crippen molar-refractivity contribution in [2.45, 2.75) is 25.7 Å². The highest BCUT2D eigenvalue weighted by Crippen LogP contribution is 2.46. The summed E-state index contributed by atoms with van der Waals surface area (Å²) in [4.78, 5) is 10.7. The van der Waals surface area contributed by atoms with E-state index in [4.69, 9.17) is 0 Å². The third-order valence-corrected chi connectivity index (χ3v) is 3.00. The molecular formula is C9H11FO. The first kappa shape index (κ1) is 7.01. The highest BCUT2D eigenvalue weighted by Gasteiger charge is 2.42. The molecule has 0 aliphatic heterocycles. The van der Waals surface area contributed by atoms with E-state index < -0.39 is 11.5 Å². The number of halogens is 1. The first-order valence-corrected chi connectivity index (χ1v) is 4.12. The van der Waals surface area contributed by atoms with Gasteiger partial charge in [-0.25, -0.2) is 0 Å². The minimum Gasteiger partial charge on any atom is -0.260 e. The molecule has 0 unspecified atom stereocenters. The van der Waals surface area contributed by atoms with E-state index in [0.29, 0.717) is 5.92 Å². The van der Waals surface area contributed by atoms with Gasteiger partial charge in [0.15, 0.2) is 0 Å². The average molecular weight is 154 g/mol. The molecule has 0 aromatic carbocycles. The number of carbonyl (C=O) groups is 1. The molecule has 3 aliphatic carbocycles. The van der Waals surface area contributed by atoms with Gasteiger partial charge in [0.2, 0.25) is 0 Å². The van der Waals surface area contributed by atoms with Crippen LogP contribution in [-0.4, -0.2) is 6.04 Å². The molecule has 1 fully saturated rings. The van der Waals surface area contributed by atoms with E-state index in [1.807, 2.05) is 6.08 Å². The molecule has 0 atom stereocenters. The van der Waals surface area contributed by atoms with Gasteiger partial charge < -0.3 is 0 Å². The smallest absolute Gasteiger partial charge is 0.260 e. The second-order valence-electron chi connectivity index (χ2n) is 3.63. The van der Waals surface area contributed by atoms with Crippen LogP contribution in [0.2, 0.25) is 0 Å². The van der Waals surface area contributed by atoms with E-state index in [9.17, 15) is 9.18 Å². The molecule has 0 amide bonds. The van der Waals surface area contributed by atoms with Crippen molar-refractivity contribution in [2.24, 2.45) is 11.3 Å². The molecule has 60 valence electrons. The quantitative estimate of drug-likeness (QED) is 0.418. The lowest BCUT2D eigenvalue weighted by atomic mass is 9.66. The van der Waals surface area contributed by atoms with Crippen LogP contribution in [0.1, 0.15) is 25.7 Å². The molecule has 11 heavy (non-hydrogen) atoms. The molecule has 0 aromatic rings. The van der Waals surface area contributed by atoms with Gasteiger partial charge >= 0.3 is 6.04 Å². The van der Waals surface area contributed by atoms with E-state index in [2.05, 4.69) is 0 Å². The second-order valence-corrected chi connectivity index (χ2v) is 3.63. The van der Waals surface area contributed by atoms with Gasteiger partial charge in [0.05, 0.1) is 5.41 Å². The van der Waals surface area contributed by atoms with E-state index in [-0.39, 0.29) is 0 Å². The van der Waals surface area contributed by atoms with Crippen LogP contribution in [-0.2, 0) is 4.79 Å². The monoisotopic (exact) mass is 154 g/mol. The second kappa shape index (κ2) is 2.16. The zero-order valence-electron chi connectivity index (χ0n) is 6.35. The van der Waals surface area contributed by atoms with Gasteiger partial charge in [-0.2, -0.15) is 4.39 Å². The number of carbonyl (C=O) groups excluding carboxylic acids is 1. The SMILES string of the molecule is O=C(F)C12C=CC(CC1)CC2. The van der Waals surface area contributed by atoms with Gasteiger partial charge in [-0.05, 0) is 31.6 Å². The minimum absolute atomic E-state index is 0.622. The third kappa shape index (κ3) is 0.924. The predicted molar refractivity (Wildman–Crippen MR) is 39.6 cm³/mol. The maximum absolute atomic E-state index is 12.6. The maximum Gasteiger partial charge on any atom is 0.311 e. The molecule has 0 saturated heterocycles. The summed E-state index contributed by atoms with van der Waals surface area (Å²) < 4.78 is 12.6. The fraction of sp³-hybridized carbons (Fsp3) is 0.667. The van der Waals surface area contributed by atoms with Crippen LogP contribution in [0.5, 0.6) is 0 Å². The van der Waals surface area contributed by atoms with Crippen LogP contribution in [0.15, 0.2) is 12.2 Å². The summed E-state index contributed by atoms with van der Waals surface area (Å²) in [6, 6.07) is -1.13. The Kier molecular flexibility index (Phi) is 1.38. The van der Waals surface area contributed by atoms with Gasteiger partial charge in [0.1, 0.15) is 0 Å². The molecule has 3 rings (SSSR count). The Morgan fingerprint density at radius 2 is 2.09 bits per heavy atom. The molecule has 1 nitrogen and oxygen atoms in total. The first-order chi connectivity index (χ1) is 5.23. The maximum atomic E-state index is 12.6. The summed E-state index contributed by atoms with van der Waals surface area (Å²) in [7, 11) is 0. The summed E-state index contributed by atoms with van der Waals surface area (Å²) in [6.45, 7) is 0. The van der Waals surface area contributed by atoms with Crippen LogP contribution >= 0.6 is 0 Å². The zero-order valence-corrected chi connectivity index (χ0v) is 6.35. The molecule has 3 aliphatic rings. The highest BCUT2D eigenvalue weighted by atomic mass is 19.1. The van der Waals surface area contributed by atoms with Crippen LogP contribution < -0.4 is 0 Å². The van der Waals surface area contributed by atoms with Crippen molar-refractivity contribution in [1.82, 2.24) is 0 Å². The first-order valence-electron chi connectivity index (χ1n) is 4.12. The topological polar surface area (TPSA) is 17.1 Å². The average Bonchev–Trinajstić information content (AvgIpc) is 2.08. The van der Waals surface area contributed by atoms with E-state index in [1.165, 1.54) is 0 Å². The fourth-order valence-corrected chi connectivity index (χ4v) is 2.10. The highest BCUT2D eigenvalue weighted by molar-refractivity contribution is 5.78. The minimum atomic E-state index is -1.13. The summed E-state index contributed by atoms with van der Waals surface area (Å²) in [5, 5.41) is 0. The number of hydrogen-bond acceptors (Lipinski definition) is 1. The third-order valence-electron chi connectivity index (χ3n) is 3.00. The van der Waals surface area contributed by atoms with Gasteiger partial charge in [-0.1, -0.05) is 12.2 Å². The Morgan fingerprint density at radius 1 is 1.45 bits per heavy atom. The Balaban J connectivity index is 2.31. The number of fused-ring (bicyclic) bond motifs is 2. The van der Waals surface area contributed by atoms with Crippen LogP contribution in [0, 0.1) is 11.3 Å². The summed E-state index contributed by atoms with van der Waals surface area (Å²) in [5.74, 6) is 0.622. The molecule has 1 saturated carbocycles. The predicted octanol–water partition coefficient (Wildman–Crippen LogP) is 2.23. The van der Waals surface area contributed by atoms with Crippen molar-refractivity contribution in [3.05, 3.63) is 12.2 Å². The van der Waals surface area contributed by atoms with Crippen LogP contribution in [0.25, 0.3) is 0 Å². The van der Waals surface area contributed by atoms with Crippen molar-refractivity contribution < 1.29 is 9.18 Å². The lowest BCUT2D eigenvalue weighted by Crippen LogP contribution is -2.34. The Labute approximate surface area is 65.3 Å². The molecule has 0 N–H and O–H groups in total. The summed E-state index contributed by atoms with van der Waals surface area (Å²) in [6.07, 6.45) is 7.23. The van der Waals surface area contributed by atoms with Crippen molar-refractivity contribution >= 4 is 6.04 Å². The van der Waals surface area contributed by atoms with E-state index in [0.717, 1.165) is 25.7 Å². The fourth-order valence-electron chi connectivity index (χ4n) is 2.10.